The Morgan fingerprint density at radius 3 is 2.61 bits per heavy atom. The van der Waals surface area contributed by atoms with Crippen LogP contribution in [-0.2, 0) is 26.0 Å². The number of nitrogens with zero attached hydrogens (tertiary/aromatic N) is 1. The molecule has 166 valence electrons. The molecule has 0 spiro atoms. The van der Waals surface area contributed by atoms with Gasteiger partial charge in [-0.05, 0) is 81.0 Å². The number of anilines is 2. The molecule has 31 heavy (non-hydrogen) atoms. The summed E-state index contributed by atoms with van der Waals surface area (Å²) in [6.45, 7) is 7.27. The summed E-state index contributed by atoms with van der Waals surface area (Å²) in [6.07, 6.45) is 1.96. The van der Waals surface area contributed by atoms with Gasteiger partial charge in [0.2, 0.25) is 0 Å². The summed E-state index contributed by atoms with van der Waals surface area (Å²) in [5.41, 5.74) is 3.74. The van der Waals surface area contributed by atoms with Gasteiger partial charge in [0.1, 0.15) is 11.9 Å². The molecule has 4 rings (SSSR count). The molecular weight excluding hydrogens is 416 g/mol. The van der Waals surface area contributed by atoms with Crippen LogP contribution in [-0.4, -0.2) is 40.2 Å². The highest BCUT2D eigenvalue weighted by Gasteiger charge is 2.33. The van der Waals surface area contributed by atoms with E-state index in [-0.39, 0.29) is 10.8 Å². The van der Waals surface area contributed by atoms with Crippen LogP contribution in [0.2, 0.25) is 0 Å². The van der Waals surface area contributed by atoms with Gasteiger partial charge in [-0.1, -0.05) is 6.07 Å². The summed E-state index contributed by atoms with van der Waals surface area (Å²) >= 11 is 0. The molecule has 8 heteroatoms. The average molecular weight is 445 g/mol. The van der Waals surface area contributed by atoms with Crippen LogP contribution in [0.5, 0.6) is 5.75 Å². The van der Waals surface area contributed by atoms with E-state index in [2.05, 4.69) is 4.72 Å². The van der Waals surface area contributed by atoms with Crippen molar-refractivity contribution < 1.29 is 22.7 Å². The summed E-state index contributed by atoms with van der Waals surface area (Å²) < 4.78 is 39.9. The van der Waals surface area contributed by atoms with Crippen molar-refractivity contribution in [3.8, 4) is 5.75 Å². The molecule has 2 heterocycles. The number of hydrogen-bond donors (Lipinski definition) is 1. The van der Waals surface area contributed by atoms with Crippen LogP contribution in [0.15, 0.2) is 35.2 Å². The Kier molecular flexibility index (Phi) is 5.94. The first-order valence-electron chi connectivity index (χ1n) is 10.6. The van der Waals surface area contributed by atoms with Crippen molar-refractivity contribution in [3.05, 3.63) is 47.0 Å². The first-order valence-corrected chi connectivity index (χ1v) is 12.1. The van der Waals surface area contributed by atoms with Crippen LogP contribution >= 0.6 is 0 Å². The van der Waals surface area contributed by atoms with Gasteiger partial charge in [0.25, 0.3) is 15.9 Å². The summed E-state index contributed by atoms with van der Waals surface area (Å²) in [5, 5.41) is 0. The molecule has 0 bridgehead atoms. The molecular formula is C23H28N2O5S. The highest BCUT2D eigenvalue weighted by Crippen LogP contribution is 2.34. The summed E-state index contributed by atoms with van der Waals surface area (Å²) in [7, 11) is -3.79. The zero-order chi connectivity index (χ0) is 22.2. The molecule has 0 aliphatic carbocycles. The molecule has 1 fully saturated rings. The maximum atomic E-state index is 13.0. The molecule has 1 atom stereocenters. The van der Waals surface area contributed by atoms with Gasteiger partial charge in [0.15, 0.2) is 0 Å². The number of hydrogen-bond acceptors (Lipinski definition) is 5. The third kappa shape index (κ3) is 4.27. The van der Waals surface area contributed by atoms with Gasteiger partial charge in [-0.2, -0.15) is 0 Å². The fourth-order valence-corrected chi connectivity index (χ4v) is 5.49. The summed E-state index contributed by atoms with van der Waals surface area (Å²) in [6, 6.07) is 8.58. The Labute approximate surface area is 183 Å². The first-order chi connectivity index (χ1) is 14.8. The van der Waals surface area contributed by atoms with Crippen LogP contribution in [0, 0.1) is 13.8 Å². The lowest BCUT2D eigenvalue weighted by Crippen LogP contribution is -2.37. The number of amides is 1. The van der Waals surface area contributed by atoms with Crippen LogP contribution in [0.4, 0.5) is 11.4 Å². The lowest BCUT2D eigenvalue weighted by Gasteiger charge is -2.21. The van der Waals surface area contributed by atoms with E-state index in [1.54, 1.807) is 29.2 Å². The van der Waals surface area contributed by atoms with E-state index in [1.807, 2.05) is 26.8 Å². The van der Waals surface area contributed by atoms with E-state index >= 15 is 0 Å². The Balaban J connectivity index is 1.59. The van der Waals surface area contributed by atoms with Crippen LogP contribution < -0.4 is 14.4 Å². The third-order valence-electron chi connectivity index (χ3n) is 5.74. The second-order valence-corrected chi connectivity index (χ2v) is 9.69. The van der Waals surface area contributed by atoms with E-state index in [1.165, 1.54) is 0 Å². The maximum absolute atomic E-state index is 13.0. The second-order valence-electron chi connectivity index (χ2n) is 8.01. The highest BCUT2D eigenvalue weighted by molar-refractivity contribution is 7.92. The van der Waals surface area contributed by atoms with E-state index in [9.17, 15) is 13.2 Å². The molecule has 1 unspecified atom stereocenters. The van der Waals surface area contributed by atoms with Crippen molar-refractivity contribution in [1.29, 1.82) is 0 Å². The van der Waals surface area contributed by atoms with Crippen LogP contribution in [0.1, 0.15) is 36.5 Å². The van der Waals surface area contributed by atoms with Gasteiger partial charge in [0.05, 0.1) is 17.2 Å². The van der Waals surface area contributed by atoms with Gasteiger partial charge in [-0.15, -0.1) is 0 Å². The number of carbonyl (C=O) groups excluding carboxylic acids is 1. The van der Waals surface area contributed by atoms with Crippen molar-refractivity contribution in [1.82, 2.24) is 0 Å². The minimum absolute atomic E-state index is 0.0472. The van der Waals surface area contributed by atoms with Crippen LogP contribution in [0.3, 0.4) is 0 Å². The smallest absolute Gasteiger partial charge is 0.261 e. The van der Waals surface area contributed by atoms with E-state index in [0.29, 0.717) is 31.2 Å². The SMILES string of the molecule is CCOc1c(C)cc(S(=O)(=O)Nc2ccc3c(c2)N(C(=O)C2CCCO2)CC3)cc1C. The zero-order valence-corrected chi connectivity index (χ0v) is 18.9. The number of rotatable bonds is 6. The number of benzene rings is 2. The molecule has 1 N–H and O–H groups in total. The summed E-state index contributed by atoms with van der Waals surface area (Å²) in [5.74, 6) is 0.663. The normalized spacial score (nSPS) is 18.2. The predicted octanol–water partition coefficient (Wildman–Crippen LogP) is 3.57. The molecule has 0 saturated carbocycles. The van der Waals surface area contributed by atoms with Crippen molar-refractivity contribution in [2.75, 3.05) is 29.4 Å². The monoisotopic (exact) mass is 444 g/mol. The first kappa shape index (κ1) is 21.6. The minimum atomic E-state index is -3.79. The van der Waals surface area contributed by atoms with Crippen molar-refractivity contribution in [2.24, 2.45) is 0 Å². The second kappa shape index (κ2) is 8.51. The Hall–Kier alpha value is -2.58. The number of carbonyl (C=O) groups is 1. The third-order valence-corrected chi connectivity index (χ3v) is 7.10. The average Bonchev–Trinajstić information content (AvgIpc) is 3.39. The Morgan fingerprint density at radius 1 is 1.23 bits per heavy atom. The molecule has 1 amide bonds. The van der Waals surface area contributed by atoms with Gasteiger partial charge in [-0.3, -0.25) is 9.52 Å². The number of nitrogens with one attached hydrogen (secondary N) is 1. The topological polar surface area (TPSA) is 84.9 Å². The number of ether oxygens (including phenoxy) is 2. The molecule has 2 aromatic rings. The molecule has 2 aliphatic heterocycles. The lowest BCUT2D eigenvalue weighted by atomic mass is 10.1. The van der Waals surface area contributed by atoms with Gasteiger partial charge in [0, 0.05) is 18.8 Å². The number of fused-ring (bicyclic) bond motifs is 1. The van der Waals surface area contributed by atoms with Crippen molar-refractivity contribution in [2.45, 2.75) is 51.0 Å². The van der Waals surface area contributed by atoms with Gasteiger partial charge < -0.3 is 14.4 Å². The molecule has 1 saturated heterocycles. The van der Waals surface area contributed by atoms with E-state index in [0.717, 1.165) is 41.6 Å². The van der Waals surface area contributed by atoms with Crippen molar-refractivity contribution in [3.63, 3.8) is 0 Å². The van der Waals surface area contributed by atoms with Crippen LogP contribution in [0.25, 0.3) is 0 Å². The van der Waals surface area contributed by atoms with Gasteiger partial charge >= 0.3 is 0 Å². The molecule has 2 aliphatic rings. The fraction of sp³-hybridized carbons (Fsp3) is 0.435. The number of sulfonamides is 1. The fourth-order valence-electron chi connectivity index (χ4n) is 4.27. The maximum Gasteiger partial charge on any atom is 0.261 e. The quantitative estimate of drug-likeness (QED) is 0.736. The molecule has 2 aromatic carbocycles. The Bertz CT molecular complexity index is 1080. The Morgan fingerprint density at radius 2 is 1.97 bits per heavy atom. The standard InChI is InChI=1S/C23H28N2O5S/c1-4-29-22-15(2)12-19(13-16(22)3)31(27,28)24-18-8-7-17-9-10-25(20(17)14-18)23(26)21-6-5-11-30-21/h7-8,12-14,21,24H,4-6,9-11H2,1-3H3. The predicted molar refractivity (Wildman–Crippen MR) is 119 cm³/mol. The number of aryl methyl sites for hydroxylation is 2. The molecule has 0 radical (unpaired) electrons. The van der Waals surface area contributed by atoms with Crippen molar-refractivity contribution >= 4 is 27.3 Å². The minimum Gasteiger partial charge on any atom is -0.493 e. The largest absolute Gasteiger partial charge is 0.493 e. The molecule has 7 nitrogen and oxygen atoms in total. The lowest BCUT2D eigenvalue weighted by molar-refractivity contribution is -0.127. The van der Waals surface area contributed by atoms with E-state index < -0.39 is 16.1 Å². The molecule has 0 aromatic heterocycles. The zero-order valence-electron chi connectivity index (χ0n) is 18.1. The van der Waals surface area contributed by atoms with Gasteiger partial charge in [-0.25, -0.2) is 8.42 Å². The summed E-state index contributed by atoms with van der Waals surface area (Å²) in [4.78, 5) is 14.7. The highest BCUT2D eigenvalue weighted by atomic mass is 32.2. The van der Waals surface area contributed by atoms with E-state index in [4.69, 9.17) is 9.47 Å².